The molecule has 150 valence electrons. The summed E-state index contributed by atoms with van der Waals surface area (Å²) in [5.41, 5.74) is 1.97. The first kappa shape index (κ1) is 19.9. The van der Waals surface area contributed by atoms with Gasteiger partial charge in [-0.15, -0.1) is 0 Å². The van der Waals surface area contributed by atoms with Crippen molar-refractivity contribution < 1.29 is 14.3 Å². The monoisotopic (exact) mass is 376 g/mol. The van der Waals surface area contributed by atoms with Gasteiger partial charge < -0.3 is 25.0 Å². The molecule has 0 aliphatic carbocycles. The third kappa shape index (κ3) is 6.37. The lowest BCUT2D eigenvalue weighted by atomic mass is 10.2. The van der Waals surface area contributed by atoms with Crippen molar-refractivity contribution in [2.24, 2.45) is 0 Å². The summed E-state index contributed by atoms with van der Waals surface area (Å²) in [5.74, 6) is 0. The maximum atomic E-state index is 12.1. The average molecular weight is 377 g/mol. The van der Waals surface area contributed by atoms with Crippen LogP contribution in [-0.2, 0) is 9.47 Å². The van der Waals surface area contributed by atoms with Crippen LogP contribution in [0.4, 0.5) is 16.2 Å². The van der Waals surface area contributed by atoms with Crippen LogP contribution in [0.2, 0.25) is 0 Å². The molecule has 2 N–H and O–H groups in total. The number of carbonyl (C=O) groups excluding carboxylic acids is 1. The summed E-state index contributed by atoms with van der Waals surface area (Å²) in [6.45, 7) is 11.2. The van der Waals surface area contributed by atoms with Gasteiger partial charge in [-0.3, -0.25) is 4.90 Å². The number of anilines is 2. The Bertz CT molecular complexity index is 579. The maximum Gasteiger partial charge on any atom is 0.319 e. The van der Waals surface area contributed by atoms with Gasteiger partial charge >= 0.3 is 6.03 Å². The smallest absolute Gasteiger partial charge is 0.319 e. The third-order valence-electron chi connectivity index (χ3n) is 4.95. The number of nitrogens with one attached hydrogen (secondary N) is 2. The van der Waals surface area contributed by atoms with Gasteiger partial charge in [-0.1, -0.05) is 0 Å². The van der Waals surface area contributed by atoms with Crippen molar-refractivity contribution >= 4 is 17.4 Å². The molecule has 2 unspecified atom stereocenters. The summed E-state index contributed by atoms with van der Waals surface area (Å²) in [6, 6.07) is 7.86. The van der Waals surface area contributed by atoms with Gasteiger partial charge in [0.25, 0.3) is 0 Å². The first-order valence-electron chi connectivity index (χ1n) is 9.95. The van der Waals surface area contributed by atoms with Gasteiger partial charge in [0.15, 0.2) is 0 Å². The fourth-order valence-electron chi connectivity index (χ4n) is 3.65. The number of carbonyl (C=O) groups is 1. The Morgan fingerprint density at radius 3 is 2.44 bits per heavy atom. The Morgan fingerprint density at radius 2 is 1.78 bits per heavy atom. The highest BCUT2D eigenvalue weighted by Gasteiger charge is 2.22. The molecule has 0 radical (unpaired) electrons. The van der Waals surface area contributed by atoms with Crippen molar-refractivity contribution in [3.05, 3.63) is 24.3 Å². The Labute approximate surface area is 162 Å². The van der Waals surface area contributed by atoms with E-state index < -0.39 is 0 Å². The van der Waals surface area contributed by atoms with Crippen LogP contribution < -0.4 is 15.5 Å². The molecule has 2 heterocycles. The molecule has 7 heteroatoms. The van der Waals surface area contributed by atoms with Crippen LogP contribution in [0.5, 0.6) is 0 Å². The molecule has 3 rings (SSSR count). The number of hydrogen-bond acceptors (Lipinski definition) is 5. The van der Waals surface area contributed by atoms with Gasteiger partial charge in [0, 0.05) is 44.1 Å². The predicted octanol–water partition coefficient (Wildman–Crippen LogP) is 2.14. The molecule has 27 heavy (non-hydrogen) atoms. The lowest BCUT2D eigenvalue weighted by molar-refractivity contribution is -0.00521. The molecule has 0 saturated carbocycles. The normalized spacial score (nSPS) is 23.9. The molecule has 2 aliphatic heterocycles. The number of hydrogen-bond donors (Lipinski definition) is 2. The summed E-state index contributed by atoms with van der Waals surface area (Å²) in [6.07, 6.45) is 1.41. The predicted molar refractivity (Wildman–Crippen MR) is 108 cm³/mol. The van der Waals surface area contributed by atoms with Crippen molar-refractivity contribution in [3.63, 3.8) is 0 Å². The average Bonchev–Trinajstić information content (AvgIpc) is 2.66. The third-order valence-corrected chi connectivity index (χ3v) is 4.95. The highest BCUT2D eigenvalue weighted by atomic mass is 16.5. The Morgan fingerprint density at radius 1 is 1.11 bits per heavy atom. The molecule has 2 saturated heterocycles. The molecule has 0 aromatic heterocycles. The standard InChI is InChI=1S/C20H32N4O3/c1-16-14-24(15-17(2)27-16)19-6-4-18(5-7-19)22-20(25)21-8-3-9-23-10-12-26-13-11-23/h4-7,16-17H,3,8-15H2,1-2H3,(H2,21,22,25). The summed E-state index contributed by atoms with van der Waals surface area (Å²) in [5, 5.41) is 5.83. The Balaban J connectivity index is 1.38. The van der Waals surface area contributed by atoms with E-state index in [1.807, 2.05) is 12.1 Å². The largest absolute Gasteiger partial charge is 0.379 e. The number of morpholine rings is 2. The fraction of sp³-hybridized carbons (Fsp3) is 0.650. The van der Waals surface area contributed by atoms with Crippen molar-refractivity contribution in [2.45, 2.75) is 32.5 Å². The van der Waals surface area contributed by atoms with Crippen LogP contribution in [0.1, 0.15) is 20.3 Å². The van der Waals surface area contributed by atoms with E-state index in [2.05, 4.69) is 46.4 Å². The van der Waals surface area contributed by atoms with Gasteiger partial charge in [0.05, 0.1) is 25.4 Å². The topological polar surface area (TPSA) is 66.1 Å². The molecule has 2 amide bonds. The lowest BCUT2D eigenvalue weighted by Crippen LogP contribution is -2.45. The summed E-state index contributed by atoms with van der Waals surface area (Å²) < 4.78 is 11.1. The zero-order chi connectivity index (χ0) is 19.1. The minimum atomic E-state index is -0.154. The van der Waals surface area contributed by atoms with Crippen LogP contribution in [0, 0.1) is 0 Å². The number of rotatable bonds is 6. The molecular formula is C20H32N4O3. The van der Waals surface area contributed by atoms with Gasteiger partial charge in [-0.05, 0) is 51.1 Å². The lowest BCUT2D eigenvalue weighted by Gasteiger charge is -2.36. The van der Waals surface area contributed by atoms with Crippen LogP contribution in [0.3, 0.4) is 0 Å². The molecular weight excluding hydrogens is 344 g/mol. The zero-order valence-corrected chi connectivity index (χ0v) is 16.4. The molecule has 0 spiro atoms. The molecule has 1 aromatic rings. The van der Waals surface area contributed by atoms with Crippen LogP contribution >= 0.6 is 0 Å². The second kappa shape index (κ2) is 9.92. The van der Waals surface area contributed by atoms with E-state index >= 15 is 0 Å². The molecule has 0 bridgehead atoms. The van der Waals surface area contributed by atoms with E-state index in [1.165, 1.54) is 0 Å². The van der Waals surface area contributed by atoms with E-state index in [1.54, 1.807) is 0 Å². The quantitative estimate of drug-likeness (QED) is 0.745. The van der Waals surface area contributed by atoms with Gasteiger partial charge in [0.1, 0.15) is 0 Å². The minimum Gasteiger partial charge on any atom is -0.379 e. The number of nitrogens with zero attached hydrogens (tertiary/aromatic N) is 2. The van der Waals surface area contributed by atoms with Crippen molar-refractivity contribution in [1.82, 2.24) is 10.2 Å². The zero-order valence-electron chi connectivity index (χ0n) is 16.4. The Kier molecular flexibility index (Phi) is 7.32. The summed E-state index contributed by atoms with van der Waals surface area (Å²) in [4.78, 5) is 16.8. The van der Waals surface area contributed by atoms with Crippen LogP contribution in [0.15, 0.2) is 24.3 Å². The second-order valence-corrected chi connectivity index (χ2v) is 7.40. The molecule has 2 aliphatic rings. The Hall–Kier alpha value is -1.83. The first-order valence-corrected chi connectivity index (χ1v) is 9.95. The summed E-state index contributed by atoms with van der Waals surface area (Å²) in [7, 11) is 0. The highest BCUT2D eigenvalue weighted by Crippen LogP contribution is 2.22. The molecule has 1 aromatic carbocycles. The van der Waals surface area contributed by atoms with E-state index in [9.17, 15) is 4.79 Å². The fourth-order valence-corrected chi connectivity index (χ4v) is 3.65. The number of urea groups is 1. The van der Waals surface area contributed by atoms with E-state index in [4.69, 9.17) is 9.47 Å². The second-order valence-electron chi connectivity index (χ2n) is 7.40. The van der Waals surface area contributed by atoms with Crippen LogP contribution in [0.25, 0.3) is 0 Å². The van der Waals surface area contributed by atoms with Gasteiger partial charge in [-0.2, -0.15) is 0 Å². The van der Waals surface area contributed by atoms with E-state index in [0.717, 1.165) is 63.7 Å². The number of ether oxygens (including phenoxy) is 2. The van der Waals surface area contributed by atoms with Crippen molar-refractivity contribution in [1.29, 1.82) is 0 Å². The number of benzene rings is 1. The van der Waals surface area contributed by atoms with Gasteiger partial charge in [0.2, 0.25) is 0 Å². The van der Waals surface area contributed by atoms with Crippen molar-refractivity contribution in [2.75, 3.05) is 62.7 Å². The van der Waals surface area contributed by atoms with Crippen molar-refractivity contribution in [3.8, 4) is 0 Å². The van der Waals surface area contributed by atoms with Crippen LogP contribution in [-0.4, -0.2) is 75.6 Å². The van der Waals surface area contributed by atoms with Gasteiger partial charge in [-0.25, -0.2) is 4.79 Å². The maximum absolute atomic E-state index is 12.1. The first-order chi connectivity index (χ1) is 13.1. The SMILES string of the molecule is CC1CN(c2ccc(NC(=O)NCCCN3CCOCC3)cc2)CC(C)O1. The molecule has 2 atom stereocenters. The number of amides is 2. The van der Waals surface area contributed by atoms with E-state index in [-0.39, 0.29) is 18.2 Å². The summed E-state index contributed by atoms with van der Waals surface area (Å²) >= 11 is 0. The minimum absolute atomic E-state index is 0.154. The highest BCUT2D eigenvalue weighted by molar-refractivity contribution is 5.89. The molecule has 7 nitrogen and oxygen atoms in total. The van der Waals surface area contributed by atoms with E-state index in [0.29, 0.717) is 6.54 Å². The molecule has 2 fully saturated rings.